The van der Waals surface area contributed by atoms with Gasteiger partial charge in [-0.2, -0.15) is 0 Å². The summed E-state index contributed by atoms with van der Waals surface area (Å²) in [4.78, 5) is 25.5. The molecule has 0 aromatic heterocycles. The highest BCUT2D eigenvalue weighted by Crippen LogP contribution is 2.45. The van der Waals surface area contributed by atoms with E-state index in [2.05, 4.69) is 13.2 Å². The molecule has 35 heavy (non-hydrogen) atoms. The van der Waals surface area contributed by atoms with Crippen molar-refractivity contribution in [3.05, 3.63) is 98.7 Å². The van der Waals surface area contributed by atoms with E-state index >= 15 is 0 Å². The van der Waals surface area contributed by atoms with Crippen molar-refractivity contribution in [1.82, 2.24) is 0 Å². The maximum absolute atomic E-state index is 13.0. The summed E-state index contributed by atoms with van der Waals surface area (Å²) in [6.07, 6.45) is 3.13. The summed E-state index contributed by atoms with van der Waals surface area (Å²) in [5.41, 5.74) is 3.71. The summed E-state index contributed by atoms with van der Waals surface area (Å²) in [7, 11) is 0. The summed E-state index contributed by atoms with van der Waals surface area (Å²) >= 11 is 12.7. The summed E-state index contributed by atoms with van der Waals surface area (Å²) in [6.45, 7) is 11.3. The average molecular weight is 509 g/mol. The maximum atomic E-state index is 13.0. The minimum absolute atomic E-state index is 0.0336. The zero-order chi connectivity index (χ0) is 25.3. The Morgan fingerprint density at radius 2 is 1.66 bits per heavy atom. The van der Waals surface area contributed by atoms with Gasteiger partial charge >= 0.3 is 5.97 Å². The van der Waals surface area contributed by atoms with Crippen LogP contribution in [-0.4, -0.2) is 19.2 Å². The lowest BCUT2D eigenvalue weighted by Gasteiger charge is -2.19. The summed E-state index contributed by atoms with van der Waals surface area (Å²) in [5, 5.41) is 1.18. The topological polar surface area (TPSA) is 65.7 Å². The van der Waals surface area contributed by atoms with Gasteiger partial charge in [0.2, 0.25) is 0 Å². The molecule has 0 radical (unpaired) electrons. The molecule has 0 spiro atoms. The van der Waals surface area contributed by atoms with Crippen molar-refractivity contribution in [1.29, 1.82) is 0 Å². The van der Waals surface area contributed by atoms with Gasteiger partial charge in [0.05, 0.1) is 15.6 Å². The molecule has 178 valence electrons. The predicted octanol–water partition coefficient (Wildman–Crippen LogP) is 7.40. The molecular weight excluding hydrogens is 487 g/mol. The highest BCUT2D eigenvalue weighted by molar-refractivity contribution is 6.42. The Morgan fingerprint density at radius 3 is 2.37 bits per heavy atom. The van der Waals surface area contributed by atoms with Gasteiger partial charge in [0, 0.05) is 28.6 Å². The van der Waals surface area contributed by atoms with Crippen LogP contribution in [0.2, 0.25) is 10.0 Å². The molecule has 1 heterocycles. The van der Waals surface area contributed by atoms with E-state index in [0.717, 1.165) is 5.56 Å². The van der Waals surface area contributed by atoms with Crippen LogP contribution in [0, 0.1) is 13.8 Å². The first kappa shape index (κ1) is 24.6. The Kier molecular flexibility index (Phi) is 7.01. The van der Waals surface area contributed by atoms with Gasteiger partial charge in [-0.3, -0.25) is 4.79 Å². The molecule has 1 aliphatic heterocycles. The van der Waals surface area contributed by atoms with Crippen LogP contribution in [0.5, 0.6) is 5.75 Å². The monoisotopic (exact) mass is 508 g/mol. The highest BCUT2D eigenvalue weighted by atomic mass is 35.5. The van der Waals surface area contributed by atoms with Crippen molar-refractivity contribution in [3.63, 3.8) is 0 Å². The predicted molar refractivity (Wildman–Crippen MR) is 140 cm³/mol. The van der Waals surface area contributed by atoms with Gasteiger partial charge in [-0.15, -0.1) is 0 Å². The summed E-state index contributed by atoms with van der Waals surface area (Å²) < 4.78 is 17.2. The molecule has 2 aromatic rings. The third kappa shape index (κ3) is 4.70. The third-order valence-electron chi connectivity index (χ3n) is 5.55. The second-order valence-electron chi connectivity index (χ2n) is 8.00. The van der Waals surface area contributed by atoms with Crippen LogP contribution < -0.4 is 10.2 Å². The number of aryl methyl sites for hydroxylation is 2. The SMILES string of the molecule is C=CCOC(=O)c1cc(Cl)c(Cl)cc1-c1c2cc(C)c(=O)cc-2oc2cc(OCC=C)c(C)cc12. The minimum atomic E-state index is -0.583. The van der Waals surface area contributed by atoms with Gasteiger partial charge in [-0.25, -0.2) is 4.79 Å². The van der Waals surface area contributed by atoms with Crippen LogP contribution in [0.15, 0.2) is 70.9 Å². The molecular formula is C28H22Cl2O5. The maximum Gasteiger partial charge on any atom is 0.339 e. The molecule has 0 amide bonds. The lowest BCUT2D eigenvalue weighted by atomic mass is 9.89. The molecule has 0 saturated heterocycles. The van der Waals surface area contributed by atoms with Crippen molar-refractivity contribution in [2.24, 2.45) is 0 Å². The lowest BCUT2D eigenvalue weighted by Crippen LogP contribution is -2.09. The number of rotatable bonds is 7. The largest absolute Gasteiger partial charge is 0.489 e. The number of hydrogen-bond donors (Lipinski definition) is 0. The first-order valence-electron chi connectivity index (χ1n) is 10.8. The van der Waals surface area contributed by atoms with Crippen molar-refractivity contribution in [3.8, 4) is 28.2 Å². The van der Waals surface area contributed by atoms with Crippen LogP contribution in [0.3, 0.4) is 0 Å². The number of carbonyl (C=O) groups is 1. The summed E-state index contributed by atoms with van der Waals surface area (Å²) in [5.74, 6) is 0.388. The van der Waals surface area contributed by atoms with Crippen molar-refractivity contribution in [2.45, 2.75) is 13.8 Å². The van der Waals surface area contributed by atoms with E-state index in [-0.39, 0.29) is 27.6 Å². The molecule has 1 aliphatic carbocycles. The number of halogens is 2. The van der Waals surface area contributed by atoms with Gasteiger partial charge < -0.3 is 13.9 Å². The van der Waals surface area contributed by atoms with Crippen LogP contribution >= 0.6 is 23.2 Å². The van der Waals surface area contributed by atoms with Crippen molar-refractivity contribution < 1.29 is 18.7 Å². The van der Waals surface area contributed by atoms with Gasteiger partial charge in [0.25, 0.3) is 0 Å². The van der Waals surface area contributed by atoms with Crippen LogP contribution in [0.1, 0.15) is 21.5 Å². The molecule has 0 bridgehead atoms. The molecule has 4 rings (SSSR count). The van der Waals surface area contributed by atoms with Crippen molar-refractivity contribution in [2.75, 3.05) is 13.2 Å². The van der Waals surface area contributed by atoms with Gasteiger partial charge in [0.1, 0.15) is 30.3 Å². The first-order chi connectivity index (χ1) is 16.7. The second-order valence-corrected chi connectivity index (χ2v) is 8.82. The average Bonchev–Trinajstić information content (AvgIpc) is 2.82. The Bertz CT molecular complexity index is 1520. The standard InChI is InChI=1S/C28H22Cl2O5/c1-5-7-33-24-14-26-20(10-16(24)4)27(19-9-15(3)23(31)13-25(19)35-26)17-11-21(29)22(30)12-18(17)28(32)34-8-6-2/h5-6,9-14H,1-2,7-8H2,3-4H3. The number of benzene rings is 3. The Labute approximate surface area is 212 Å². The fourth-order valence-electron chi connectivity index (χ4n) is 3.89. The smallest absolute Gasteiger partial charge is 0.339 e. The lowest BCUT2D eigenvalue weighted by molar-refractivity contribution is 0.0550. The molecule has 0 unspecified atom stereocenters. The minimum Gasteiger partial charge on any atom is -0.489 e. The van der Waals surface area contributed by atoms with Gasteiger partial charge in [-0.1, -0.05) is 48.5 Å². The zero-order valence-electron chi connectivity index (χ0n) is 19.2. The number of ether oxygens (including phenoxy) is 2. The second kappa shape index (κ2) is 9.98. The van der Waals surface area contributed by atoms with Gasteiger partial charge in [0.15, 0.2) is 5.43 Å². The van der Waals surface area contributed by atoms with E-state index in [1.807, 2.05) is 13.0 Å². The van der Waals surface area contributed by atoms with Gasteiger partial charge in [-0.05, 0) is 54.8 Å². The molecule has 2 aliphatic rings. The van der Waals surface area contributed by atoms with Crippen LogP contribution in [0.25, 0.3) is 33.4 Å². The van der Waals surface area contributed by atoms with E-state index in [1.165, 1.54) is 18.2 Å². The van der Waals surface area contributed by atoms with E-state index in [4.69, 9.17) is 37.1 Å². The Balaban J connectivity index is 2.14. The molecule has 2 aromatic carbocycles. The molecule has 0 atom stereocenters. The normalized spacial score (nSPS) is 11.0. The highest BCUT2D eigenvalue weighted by Gasteiger charge is 2.25. The zero-order valence-corrected chi connectivity index (χ0v) is 20.8. The van der Waals surface area contributed by atoms with Crippen LogP contribution in [0.4, 0.5) is 0 Å². The van der Waals surface area contributed by atoms with Crippen molar-refractivity contribution >= 4 is 40.1 Å². The van der Waals surface area contributed by atoms with E-state index in [1.54, 1.807) is 31.2 Å². The molecule has 0 saturated carbocycles. The Hall–Kier alpha value is -3.54. The Morgan fingerprint density at radius 1 is 0.943 bits per heavy atom. The van der Waals surface area contributed by atoms with E-state index in [9.17, 15) is 9.59 Å². The quantitative estimate of drug-likeness (QED) is 0.148. The first-order valence-corrected chi connectivity index (χ1v) is 11.5. The number of fused-ring (bicyclic) bond motifs is 2. The van der Waals surface area contributed by atoms with Crippen LogP contribution in [-0.2, 0) is 4.74 Å². The fourth-order valence-corrected chi connectivity index (χ4v) is 4.22. The third-order valence-corrected chi connectivity index (χ3v) is 6.27. The van der Waals surface area contributed by atoms with E-state index < -0.39 is 5.97 Å². The fraction of sp³-hybridized carbons (Fsp3) is 0.143. The molecule has 7 heteroatoms. The van der Waals surface area contributed by atoms with E-state index in [0.29, 0.717) is 51.3 Å². The molecule has 0 N–H and O–H groups in total. The molecule has 0 fully saturated rings. The number of hydrogen-bond acceptors (Lipinski definition) is 5. The summed E-state index contributed by atoms with van der Waals surface area (Å²) in [6, 6.07) is 9.96. The molecule has 5 nitrogen and oxygen atoms in total. The number of esters is 1. The number of carbonyl (C=O) groups excluding carboxylic acids is 1.